The quantitative estimate of drug-likeness (QED) is 0.189. The molecule has 3 atom stereocenters. The molecular weight excluding hydrogens is 626 g/mol. The molecule has 0 heterocycles. The van der Waals surface area contributed by atoms with Crippen LogP contribution in [-0.2, 0) is 36.7 Å². The van der Waals surface area contributed by atoms with Gasteiger partial charge in [-0.3, -0.25) is 9.59 Å². The molecule has 3 unspecified atom stereocenters. The number of carbonyl (C=O) groups is 4. The Bertz CT molecular complexity index is 1570. The van der Waals surface area contributed by atoms with E-state index in [9.17, 15) is 29.4 Å². The Morgan fingerprint density at radius 1 is 0.735 bits per heavy atom. The van der Waals surface area contributed by atoms with Gasteiger partial charge in [-0.15, -0.1) is 0 Å². The fraction of sp³-hybridized carbons (Fsp3) is 0.421. The molecule has 3 rings (SSSR count). The van der Waals surface area contributed by atoms with Gasteiger partial charge in [-0.25, -0.2) is 9.59 Å². The van der Waals surface area contributed by atoms with E-state index < -0.39 is 59.8 Å². The Labute approximate surface area is 288 Å². The van der Waals surface area contributed by atoms with Gasteiger partial charge in [0.15, 0.2) is 0 Å². The highest BCUT2D eigenvalue weighted by Gasteiger charge is 2.39. The monoisotopic (exact) mass is 675 g/mol. The van der Waals surface area contributed by atoms with Crippen molar-refractivity contribution >= 4 is 23.9 Å². The first kappa shape index (κ1) is 38.5. The van der Waals surface area contributed by atoms with E-state index in [0.29, 0.717) is 11.1 Å². The molecule has 0 saturated heterocycles. The first-order chi connectivity index (χ1) is 23.0. The van der Waals surface area contributed by atoms with Crippen molar-refractivity contribution in [2.24, 2.45) is 0 Å². The lowest BCUT2D eigenvalue weighted by Gasteiger charge is -2.35. The van der Waals surface area contributed by atoms with E-state index in [-0.39, 0.29) is 30.7 Å². The number of amides is 3. The molecular formula is C38H49N3O8. The molecule has 4 N–H and O–H groups in total. The molecule has 11 nitrogen and oxygen atoms in total. The number of alkyl carbamates (subject to hydrolysis) is 1. The van der Waals surface area contributed by atoms with Crippen LogP contribution in [0, 0.1) is 6.92 Å². The second-order valence-electron chi connectivity index (χ2n) is 13.8. The van der Waals surface area contributed by atoms with Crippen molar-refractivity contribution in [3.63, 3.8) is 0 Å². The Morgan fingerprint density at radius 3 is 1.78 bits per heavy atom. The van der Waals surface area contributed by atoms with Crippen molar-refractivity contribution in [3.8, 4) is 5.75 Å². The molecule has 0 radical (unpaired) electrons. The summed E-state index contributed by atoms with van der Waals surface area (Å²) in [5, 5.41) is 26.9. The van der Waals surface area contributed by atoms with Crippen LogP contribution in [0.4, 0.5) is 4.79 Å². The predicted molar refractivity (Wildman–Crippen MR) is 186 cm³/mol. The fourth-order valence-corrected chi connectivity index (χ4v) is 5.19. The average molecular weight is 676 g/mol. The highest BCUT2D eigenvalue weighted by Crippen LogP contribution is 2.32. The van der Waals surface area contributed by atoms with E-state index in [1.807, 2.05) is 36.4 Å². The van der Waals surface area contributed by atoms with Crippen molar-refractivity contribution < 1.29 is 38.9 Å². The van der Waals surface area contributed by atoms with Gasteiger partial charge >= 0.3 is 12.1 Å². The number of esters is 1. The van der Waals surface area contributed by atoms with Gasteiger partial charge in [0.2, 0.25) is 11.8 Å². The van der Waals surface area contributed by atoms with Crippen LogP contribution < -0.4 is 10.6 Å². The number of benzene rings is 3. The minimum atomic E-state index is -1.53. The number of hydrogen-bond donors (Lipinski definition) is 4. The lowest BCUT2D eigenvalue weighted by atomic mass is 9.97. The standard InChI is InChI=1S/C38H49N3O8/c1-25-15-14-20-28(32(25)43)31(33(44)39-30(35(46)48-37(2,3)4)24-27-18-12-9-13-19-27)41(21-22-42)34(45)29(23-26-16-10-8-11-17-26)40-36(47)49-38(5,6)7/h8-20,29-31,42-43H,21-24H2,1-7H3,(H,39,44)(H,40,47). The predicted octanol–water partition coefficient (Wildman–Crippen LogP) is 4.77. The number of hydrogen-bond acceptors (Lipinski definition) is 8. The van der Waals surface area contributed by atoms with E-state index in [2.05, 4.69) is 10.6 Å². The van der Waals surface area contributed by atoms with Crippen LogP contribution in [0.3, 0.4) is 0 Å². The summed E-state index contributed by atoms with van der Waals surface area (Å²) in [6.45, 7) is 11.0. The molecule has 49 heavy (non-hydrogen) atoms. The lowest BCUT2D eigenvalue weighted by Crippen LogP contribution is -2.56. The minimum Gasteiger partial charge on any atom is -0.507 e. The first-order valence-electron chi connectivity index (χ1n) is 16.3. The third-order valence-corrected chi connectivity index (χ3v) is 7.31. The normalized spacial score (nSPS) is 13.4. The second-order valence-corrected chi connectivity index (χ2v) is 13.8. The van der Waals surface area contributed by atoms with Gasteiger partial charge in [0.05, 0.1) is 6.61 Å². The molecule has 0 saturated carbocycles. The summed E-state index contributed by atoms with van der Waals surface area (Å²) in [6, 6.07) is 18.9. The van der Waals surface area contributed by atoms with Crippen molar-refractivity contribution in [2.75, 3.05) is 13.2 Å². The van der Waals surface area contributed by atoms with Gasteiger partial charge in [0.1, 0.15) is 35.1 Å². The number of carbonyl (C=O) groups excluding carboxylic acids is 4. The first-order valence-corrected chi connectivity index (χ1v) is 16.3. The Kier molecular flexibility index (Phi) is 13.3. The van der Waals surface area contributed by atoms with Gasteiger partial charge < -0.3 is 35.2 Å². The van der Waals surface area contributed by atoms with Crippen LogP contribution >= 0.6 is 0 Å². The zero-order valence-corrected chi connectivity index (χ0v) is 29.4. The maximum absolute atomic E-state index is 14.5. The van der Waals surface area contributed by atoms with E-state index in [4.69, 9.17) is 9.47 Å². The maximum Gasteiger partial charge on any atom is 0.408 e. The number of aliphatic hydroxyl groups excluding tert-OH is 1. The fourth-order valence-electron chi connectivity index (χ4n) is 5.19. The maximum atomic E-state index is 14.5. The number of aliphatic hydroxyl groups is 1. The van der Waals surface area contributed by atoms with Crippen LogP contribution in [0.5, 0.6) is 5.75 Å². The third kappa shape index (κ3) is 11.9. The lowest BCUT2D eigenvalue weighted by molar-refractivity contribution is -0.159. The second kappa shape index (κ2) is 17.0. The average Bonchev–Trinajstić information content (AvgIpc) is 3.01. The molecule has 3 amide bonds. The van der Waals surface area contributed by atoms with E-state index in [1.54, 1.807) is 84.9 Å². The summed E-state index contributed by atoms with van der Waals surface area (Å²) < 4.78 is 11.1. The number of aromatic hydroxyl groups is 1. The van der Waals surface area contributed by atoms with Gasteiger partial charge in [0.25, 0.3) is 0 Å². The summed E-state index contributed by atoms with van der Waals surface area (Å²) in [7, 11) is 0. The number of rotatable bonds is 13. The Morgan fingerprint density at radius 2 is 1.27 bits per heavy atom. The summed E-state index contributed by atoms with van der Waals surface area (Å²) in [5.41, 5.74) is 0.252. The summed E-state index contributed by atoms with van der Waals surface area (Å²) in [5.74, 6) is -2.45. The van der Waals surface area contributed by atoms with E-state index in [1.165, 1.54) is 6.07 Å². The number of aryl methyl sites for hydroxylation is 1. The van der Waals surface area contributed by atoms with Crippen LogP contribution in [0.25, 0.3) is 0 Å². The number of nitrogens with zero attached hydrogens (tertiary/aromatic N) is 1. The van der Waals surface area contributed by atoms with E-state index in [0.717, 1.165) is 10.5 Å². The summed E-state index contributed by atoms with van der Waals surface area (Å²) in [4.78, 5) is 56.6. The highest BCUT2D eigenvalue weighted by atomic mass is 16.6. The van der Waals surface area contributed by atoms with E-state index >= 15 is 0 Å². The van der Waals surface area contributed by atoms with Crippen LogP contribution in [0.1, 0.15) is 69.8 Å². The van der Waals surface area contributed by atoms with Gasteiger partial charge in [0, 0.05) is 24.9 Å². The summed E-state index contributed by atoms with van der Waals surface area (Å²) >= 11 is 0. The minimum absolute atomic E-state index is 0.0313. The SMILES string of the molecule is Cc1cccc(C(C(=O)NC(Cc2ccccc2)C(=O)OC(C)(C)C)N(CCO)C(=O)C(Cc2ccccc2)NC(=O)OC(C)(C)C)c1O. The molecule has 0 fully saturated rings. The van der Waals surface area contributed by atoms with Crippen LogP contribution in [0.2, 0.25) is 0 Å². The molecule has 3 aromatic carbocycles. The van der Waals surface area contributed by atoms with Crippen molar-refractivity contribution in [1.29, 1.82) is 0 Å². The van der Waals surface area contributed by atoms with Crippen LogP contribution in [-0.4, -0.2) is 75.4 Å². The van der Waals surface area contributed by atoms with Crippen molar-refractivity contribution in [2.45, 2.75) is 90.6 Å². The van der Waals surface area contributed by atoms with Crippen molar-refractivity contribution in [1.82, 2.24) is 15.5 Å². The highest BCUT2D eigenvalue weighted by molar-refractivity contribution is 5.94. The van der Waals surface area contributed by atoms with Crippen LogP contribution in [0.15, 0.2) is 78.9 Å². The zero-order valence-electron chi connectivity index (χ0n) is 29.4. The van der Waals surface area contributed by atoms with Gasteiger partial charge in [-0.1, -0.05) is 78.9 Å². The molecule has 11 heteroatoms. The number of phenolic OH excluding ortho intramolecular Hbond substituents is 1. The smallest absolute Gasteiger partial charge is 0.408 e. The topological polar surface area (TPSA) is 154 Å². The van der Waals surface area contributed by atoms with Gasteiger partial charge in [-0.2, -0.15) is 0 Å². The molecule has 0 aliphatic heterocycles. The van der Waals surface area contributed by atoms with Gasteiger partial charge in [-0.05, 0) is 65.2 Å². The molecule has 264 valence electrons. The number of para-hydroxylation sites is 1. The molecule has 0 bridgehead atoms. The number of nitrogens with one attached hydrogen (secondary N) is 2. The number of phenols is 1. The Balaban J connectivity index is 2.11. The molecule has 0 aromatic heterocycles. The van der Waals surface area contributed by atoms with Crippen molar-refractivity contribution in [3.05, 3.63) is 101 Å². The summed E-state index contributed by atoms with van der Waals surface area (Å²) in [6.07, 6.45) is -0.736. The molecule has 0 aliphatic carbocycles. The zero-order chi connectivity index (χ0) is 36.4. The Hall–Kier alpha value is -4.90. The number of ether oxygens (including phenoxy) is 2. The molecule has 3 aromatic rings. The third-order valence-electron chi connectivity index (χ3n) is 7.31. The molecule has 0 spiro atoms. The largest absolute Gasteiger partial charge is 0.507 e. The molecule has 0 aliphatic rings.